The van der Waals surface area contributed by atoms with Crippen molar-refractivity contribution in [2.45, 2.75) is 49.7 Å². The molecule has 0 unspecified atom stereocenters. The second-order valence-electron chi connectivity index (χ2n) is 9.08. The largest absolute Gasteiger partial charge is 0.353 e. The Morgan fingerprint density at radius 1 is 1.03 bits per heavy atom. The molecule has 32 heavy (non-hydrogen) atoms. The molecule has 2 aromatic rings. The van der Waals surface area contributed by atoms with E-state index in [9.17, 15) is 4.79 Å². The predicted molar refractivity (Wildman–Crippen MR) is 140 cm³/mol. The van der Waals surface area contributed by atoms with Gasteiger partial charge in [-0.15, -0.1) is 24.2 Å². The van der Waals surface area contributed by atoms with Crippen molar-refractivity contribution >= 4 is 69.1 Å². The number of hydrogen-bond acceptors (Lipinski definition) is 6. The lowest BCUT2D eigenvalue weighted by molar-refractivity contribution is -0.132. The highest BCUT2D eigenvalue weighted by Gasteiger charge is 2.47. The number of carbonyl (C=O) groups is 1. The molecule has 3 heterocycles. The monoisotopic (exact) mass is 514 g/mol. The van der Waals surface area contributed by atoms with E-state index in [2.05, 4.69) is 20.8 Å². The Hall–Kier alpha value is -0.730. The van der Waals surface area contributed by atoms with Gasteiger partial charge in [0.15, 0.2) is 0 Å². The second kappa shape index (κ2) is 10.7. The molecule has 3 aliphatic rings. The van der Waals surface area contributed by atoms with Crippen molar-refractivity contribution in [2.75, 3.05) is 50.0 Å². The summed E-state index contributed by atoms with van der Waals surface area (Å²) in [7, 11) is 0. The topological polar surface area (TPSA) is 39.7 Å². The summed E-state index contributed by atoms with van der Waals surface area (Å²) in [4.78, 5) is 20.0. The van der Waals surface area contributed by atoms with Crippen LogP contribution < -0.4 is 4.90 Å². The Morgan fingerprint density at radius 3 is 2.56 bits per heavy atom. The lowest BCUT2D eigenvalue weighted by atomic mass is 9.87. The number of hydrogen-bond donors (Lipinski definition) is 0. The van der Waals surface area contributed by atoms with Gasteiger partial charge in [-0.2, -0.15) is 4.37 Å². The third-order valence-electron chi connectivity index (χ3n) is 7.07. The van der Waals surface area contributed by atoms with Gasteiger partial charge in [0.05, 0.1) is 15.3 Å². The summed E-state index contributed by atoms with van der Waals surface area (Å²) in [5.41, 5.74) is 0. The van der Waals surface area contributed by atoms with Crippen LogP contribution >= 0.6 is 47.3 Å². The van der Waals surface area contributed by atoms with Crippen LogP contribution in [-0.4, -0.2) is 70.0 Å². The maximum Gasteiger partial charge on any atom is 0.239 e. The Morgan fingerprint density at radius 2 is 1.78 bits per heavy atom. The van der Waals surface area contributed by atoms with Gasteiger partial charge in [-0.1, -0.05) is 30.9 Å². The quantitative estimate of drug-likeness (QED) is 0.475. The number of carbonyl (C=O) groups excluding carboxylic acids is 1. The molecule has 3 fully saturated rings. The number of halogens is 2. The molecule has 9 heteroatoms. The number of nitrogens with zero attached hydrogens (tertiary/aromatic N) is 4. The third kappa shape index (κ3) is 5.02. The average Bonchev–Trinajstić information content (AvgIpc) is 3.34. The van der Waals surface area contributed by atoms with Crippen LogP contribution in [0.15, 0.2) is 18.2 Å². The second-order valence-corrected chi connectivity index (χ2v) is 11.6. The van der Waals surface area contributed by atoms with Crippen LogP contribution in [0.1, 0.15) is 44.9 Å². The number of rotatable bonds is 6. The first-order valence-electron chi connectivity index (χ1n) is 11.6. The minimum absolute atomic E-state index is 0. The number of benzene rings is 1. The molecular formula is C23H32Cl2N4OS2. The van der Waals surface area contributed by atoms with Gasteiger partial charge in [0.2, 0.25) is 5.91 Å². The van der Waals surface area contributed by atoms with E-state index in [4.69, 9.17) is 16.0 Å². The summed E-state index contributed by atoms with van der Waals surface area (Å²) in [6.45, 7) is 6.25. The van der Waals surface area contributed by atoms with Crippen molar-refractivity contribution in [3.63, 3.8) is 0 Å². The molecule has 0 atom stereocenters. The van der Waals surface area contributed by atoms with Gasteiger partial charge >= 0.3 is 0 Å². The summed E-state index contributed by atoms with van der Waals surface area (Å²) in [6, 6.07) is 6.06. The zero-order valence-corrected chi connectivity index (χ0v) is 21.6. The molecule has 1 amide bonds. The van der Waals surface area contributed by atoms with Crippen LogP contribution in [0.3, 0.4) is 0 Å². The zero-order valence-electron chi connectivity index (χ0n) is 18.4. The van der Waals surface area contributed by atoms with Crippen LogP contribution in [0.25, 0.3) is 10.1 Å². The average molecular weight is 516 g/mol. The van der Waals surface area contributed by atoms with Crippen molar-refractivity contribution in [3.05, 3.63) is 23.2 Å². The van der Waals surface area contributed by atoms with Crippen molar-refractivity contribution in [1.82, 2.24) is 14.2 Å². The normalized spacial score (nSPS) is 21.5. The molecule has 5 nitrogen and oxygen atoms in total. The molecular weight excluding hydrogens is 483 g/mol. The van der Waals surface area contributed by atoms with Crippen LogP contribution in [-0.2, 0) is 4.79 Å². The SMILES string of the molecule is Cl.O=C1N(CCCCN2CCN(c3nsc4cc(Cl)ccc34)CC2)CSC12CCCCC2. The molecule has 0 bridgehead atoms. The fraction of sp³-hybridized carbons (Fsp3) is 0.652. The zero-order chi connectivity index (χ0) is 21.3. The molecule has 5 rings (SSSR count). The number of fused-ring (bicyclic) bond motifs is 1. The molecule has 2 aliphatic heterocycles. The minimum atomic E-state index is -0.0558. The predicted octanol–water partition coefficient (Wildman–Crippen LogP) is 5.51. The van der Waals surface area contributed by atoms with E-state index >= 15 is 0 Å². The van der Waals surface area contributed by atoms with Gasteiger partial charge in [-0.05, 0) is 62.0 Å². The number of piperazine rings is 1. The highest BCUT2D eigenvalue weighted by molar-refractivity contribution is 8.01. The first-order chi connectivity index (χ1) is 15.1. The van der Waals surface area contributed by atoms with Gasteiger partial charge in [-0.3, -0.25) is 9.69 Å². The van der Waals surface area contributed by atoms with Crippen molar-refractivity contribution in [3.8, 4) is 0 Å². The summed E-state index contributed by atoms with van der Waals surface area (Å²) < 4.78 is 5.80. The summed E-state index contributed by atoms with van der Waals surface area (Å²) in [6.07, 6.45) is 8.22. The first kappa shape index (κ1) is 24.4. The molecule has 1 saturated carbocycles. The van der Waals surface area contributed by atoms with E-state index in [1.807, 2.05) is 23.9 Å². The molecule has 0 N–H and O–H groups in total. The highest BCUT2D eigenvalue weighted by atomic mass is 35.5. The number of unbranched alkanes of at least 4 members (excludes halogenated alkanes) is 1. The molecule has 1 aromatic heterocycles. The van der Waals surface area contributed by atoms with E-state index in [0.29, 0.717) is 5.91 Å². The summed E-state index contributed by atoms with van der Waals surface area (Å²) in [5.74, 6) is 2.45. The van der Waals surface area contributed by atoms with Gasteiger partial charge in [0, 0.05) is 43.1 Å². The van der Waals surface area contributed by atoms with Gasteiger partial charge in [0.25, 0.3) is 0 Å². The molecule has 2 saturated heterocycles. The van der Waals surface area contributed by atoms with Gasteiger partial charge < -0.3 is 9.80 Å². The van der Waals surface area contributed by atoms with Crippen molar-refractivity contribution < 1.29 is 4.79 Å². The Bertz CT molecular complexity index is 926. The first-order valence-corrected chi connectivity index (χ1v) is 13.7. The number of thioether (sulfide) groups is 1. The summed E-state index contributed by atoms with van der Waals surface area (Å²) >= 11 is 9.57. The number of aromatic nitrogens is 1. The maximum absolute atomic E-state index is 12.9. The van der Waals surface area contributed by atoms with Gasteiger partial charge in [-0.25, -0.2) is 0 Å². The fourth-order valence-electron chi connectivity index (χ4n) is 5.20. The fourth-order valence-corrected chi connectivity index (χ4v) is 7.76. The van der Waals surface area contributed by atoms with E-state index in [-0.39, 0.29) is 17.2 Å². The van der Waals surface area contributed by atoms with Gasteiger partial charge in [0.1, 0.15) is 5.82 Å². The molecule has 1 aromatic carbocycles. The van der Waals surface area contributed by atoms with Crippen LogP contribution in [0.2, 0.25) is 5.02 Å². The maximum atomic E-state index is 12.9. The Kier molecular flexibility index (Phi) is 8.14. The summed E-state index contributed by atoms with van der Waals surface area (Å²) in [5, 5.41) is 1.99. The number of anilines is 1. The van der Waals surface area contributed by atoms with E-state index < -0.39 is 0 Å². The smallest absolute Gasteiger partial charge is 0.239 e. The van der Waals surface area contributed by atoms with Crippen LogP contribution in [0.4, 0.5) is 5.82 Å². The molecule has 0 radical (unpaired) electrons. The van der Waals surface area contributed by atoms with Crippen LogP contribution in [0, 0.1) is 0 Å². The van der Waals surface area contributed by atoms with Crippen LogP contribution in [0.5, 0.6) is 0 Å². The third-order valence-corrected chi connectivity index (χ3v) is 9.68. The van der Waals surface area contributed by atoms with Crippen molar-refractivity contribution in [2.24, 2.45) is 0 Å². The Balaban J connectivity index is 0.00000245. The number of amides is 1. The molecule has 1 spiro atoms. The van der Waals surface area contributed by atoms with E-state index in [0.717, 1.165) is 79.9 Å². The van der Waals surface area contributed by atoms with Crippen molar-refractivity contribution in [1.29, 1.82) is 0 Å². The minimum Gasteiger partial charge on any atom is -0.353 e. The lowest BCUT2D eigenvalue weighted by Gasteiger charge is -2.35. The van der Waals surface area contributed by atoms with E-state index in [1.165, 1.54) is 42.6 Å². The molecule has 176 valence electrons. The molecule has 1 aliphatic carbocycles. The Labute approximate surface area is 210 Å². The standard InChI is InChI=1S/C23H31ClN4OS2.ClH/c24-18-6-7-19-20(16-18)31-25-21(19)27-14-12-26(13-15-27)10-4-5-11-28-17-30-23(22(28)29)8-2-1-3-9-23;/h6-7,16H,1-5,8-15,17H2;1H. The lowest BCUT2D eigenvalue weighted by Crippen LogP contribution is -2.47. The highest BCUT2D eigenvalue weighted by Crippen LogP contribution is 2.46. The van der Waals surface area contributed by atoms with E-state index in [1.54, 1.807) is 0 Å².